The summed E-state index contributed by atoms with van der Waals surface area (Å²) in [5.41, 5.74) is 6.17. The van der Waals surface area contributed by atoms with Crippen LogP contribution in [-0.4, -0.2) is 10.2 Å². The van der Waals surface area contributed by atoms with E-state index >= 15 is 0 Å². The molecular formula is C36H20N2OS. The van der Waals surface area contributed by atoms with Crippen LogP contribution >= 0.6 is 11.3 Å². The van der Waals surface area contributed by atoms with Gasteiger partial charge in [0.15, 0.2) is 0 Å². The Morgan fingerprint density at radius 1 is 0.425 bits per heavy atom. The van der Waals surface area contributed by atoms with Gasteiger partial charge in [0.05, 0.1) is 0 Å². The summed E-state index contributed by atoms with van der Waals surface area (Å²) >= 11 is 1.59. The van der Waals surface area contributed by atoms with E-state index in [2.05, 4.69) is 113 Å². The van der Waals surface area contributed by atoms with E-state index in [1.54, 1.807) is 11.3 Å². The van der Waals surface area contributed by atoms with Gasteiger partial charge in [-0.2, -0.15) is 0 Å². The zero-order chi connectivity index (χ0) is 26.2. The topological polar surface area (TPSA) is 38.9 Å². The molecule has 0 fully saturated rings. The third-order valence-electron chi connectivity index (χ3n) is 7.96. The van der Waals surface area contributed by atoms with Crippen LogP contribution in [0.1, 0.15) is 0 Å². The highest BCUT2D eigenvalue weighted by Gasteiger charge is 2.14. The minimum absolute atomic E-state index is 0.858. The van der Waals surface area contributed by atoms with Crippen molar-refractivity contribution in [3.8, 4) is 32.3 Å². The molecule has 0 saturated heterocycles. The van der Waals surface area contributed by atoms with Crippen LogP contribution in [0.5, 0.6) is 0 Å². The van der Waals surface area contributed by atoms with Gasteiger partial charge in [-0.25, -0.2) is 0 Å². The van der Waals surface area contributed by atoms with Crippen LogP contribution in [0, 0.1) is 0 Å². The molecule has 4 heteroatoms. The Kier molecular flexibility index (Phi) is 4.48. The minimum atomic E-state index is 0.858. The van der Waals surface area contributed by atoms with E-state index in [-0.39, 0.29) is 0 Å². The Morgan fingerprint density at radius 3 is 1.70 bits per heavy atom. The second kappa shape index (κ2) is 8.22. The Hall–Kier alpha value is -5.06. The summed E-state index contributed by atoms with van der Waals surface area (Å²) in [5.74, 6) is 0. The van der Waals surface area contributed by atoms with Gasteiger partial charge in [0.1, 0.15) is 21.2 Å². The summed E-state index contributed by atoms with van der Waals surface area (Å²) in [7, 11) is 0. The SMILES string of the molecule is c1ccc(-c2nnc(-c3ccc4c(c3)oc3cc(-c5cc6ccc7cccc8ccc(c5)c6c78)ccc34)s2)cc1. The van der Waals surface area contributed by atoms with Crippen molar-refractivity contribution in [2.24, 2.45) is 0 Å². The van der Waals surface area contributed by atoms with Crippen LogP contribution in [0.25, 0.3) is 86.5 Å². The Morgan fingerprint density at radius 2 is 1.00 bits per heavy atom. The number of hydrogen-bond donors (Lipinski definition) is 0. The summed E-state index contributed by atoms with van der Waals surface area (Å²) < 4.78 is 6.42. The third-order valence-corrected chi connectivity index (χ3v) is 8.98. The van der Waals surface area contributed by atoms with Crippen LogP contribution in [0.4, 0.5) is 0 Å². The minimum Gasteiger partial charge on any atom is -0.456 e. The summed E-state index contributed by atoms with van der Waals surface area (Å²) in [4.78, 5) is 0. The summed E-state index contributed by atoms with van der Waals surface area (Å²) in [6.45, 7) is 0. The van der Waals surface area contributed by atoms with Gasteiger partial charge in [-0.15, -0.1) is 10.2 Å². The van der Waals surface area contributed by atoms with Gasteiger partial charge < -0.3 is 4.42 Å². The predicted octanol–water partition coefficient (Wildman–Crippen LogP) is 10.3. The molecule has 0 bridgehead atoms. The van der Waals surface area contributed by atoms with Crippen LogP contribution in [0.15, 0.2) is 126 Å². The van der Waals surface area contributed by atoms with Gasteiger partial charge >= 0.3 is 0 Å². The molecule has 0 spiro atoms. The monoisotopic (exact) mass is 528 g/mol. The van der Waals surface area contributed by atoms with Gasteiger partial charge in [-0.3, -0.25) is 0 Å². The lowest BCUT2D eigenvalue weighted by molar-refractivity contribution is 0.669. The highest BCUT2D eigenvalue weighted by Crippen LogP contribution is 2.39. The van der Waals surface area contributed by atoms with E-state index in [9.17, 15) is 0 Å². The molecule has 0 atom stereocenters. The molecule has 0 amide bonds. The molecule has 0 aliphatic carbocycles. The van der Waals surface area contributed by atoms with E-state index < -0.39 is 0 Å². The van der Waals surface area contributed by atoms with E-state index in [0.717, 1.165) is 48.6 Å². The van der Waals surface area contributed by atoms with Crippen LogP contribution in [0.2, 0.25) is 0 Å². The number of rotatable bonds is 3. The molecule has 0 aliphatic rings. The normalized spacial score (nSPS) is 12.0. The second-order valence-corrected chi connectivity index (χ2v) is 11.3. The Labute approximate surface area is 233 Å². The van der Waals surface area contributed by atoms with Crippen LogP contribution in [0.3, 0.4) is 0 Å². The maximum atomic E-state index is 6.42. The van der Waals surface area contributed by atoms with Crippen molar-refractivity contribution in [1.82, 2.24) is 10.2 Å². The average Bonchev–Trinajstić information content (AvgIpc) is 3.65. The van der Waals surface area contributed by atoms with E-state index in [1.807, 2.05) is 18.2 Å². The zero-order valence-corrected chi connectivity index (χ0v) is 22.1. The quantitative estimate of drug-likeness (QED) is 0.214. The number of benzene rings is 7. The highest BCUT2D eigenvalue weighted by atomic mass is 32.1. The predicted molar refractivity (Wildman–Crippen MR) is 167 cm³/mol. The molecule has 7 aromatic carbocycles. The molecule has 0 unspecified atom stereocenters. The number of furan rings is 1. The first-order valence-electron chi connectivity index (χ1n) is 13.3. The summed E-state index contributed by atoms with van der Waals surface area (Å²) in [6, 6.07) is 43.1. The molecule has 2 aromatic heterocycles. The van der Waals surface area contributed by atoms with Crippen molar-refractivity contribution in [1.29, 1.82) is 0 Å². The molecule has 0 aliphatic heterocycles. The lowest BCUT2D eigenvalue weighted by Gasteiger charge is -2.12. The molecule has 9 rings (SSSR count). The van der Waals surface area contributed by atoms with Gasteiger partial charge in [0.2, 0.25) is 0 Å². The highest BCUT2D eigenvalue weighted by molar-refractivity contribution is 7.17. The molecular weight excluding hydrogens is 508 g/mol. The van der Waals surface area contributed by atoms with E-state index in [4.69, 9.17) is 4.42 Å². The van der Waals surface area contributed by atoms with E-state index in [0.29, 0.717) is 0 Å². The number of aromatic nitrogens is 2. The fourth-order valence-electron chi connectivity index (χ4n) is 6.05. The molecule has 9 aromatic rings. The maximum absolute atomic E-state index is 6.42. The van der Waals surface area contributed by atoms with Crippen molar-refractivity contribution in [3.63, 3.8) is 0 Å². The largest absolute Gasteiger partial charge is 0.456 e. The van der Waals surface area contributed by atoms with Gasteiger partial charge in [0.25, 0.3) is 0 Å². The molecule has 3 nitrogen and oxygen atoms in total. The third kappa shape index (κ3) is 3.23. The Balaban J connectivity index is 1.14. The molecule has 0 N–H and O–H groups in total. The standard InChI is InChI=1S/C36H20N2OS/c1-2-5-23(6-3-1)35-37-38-36(40-35)27-14-16-30-29-15-13-24(19-31(29)39-32(30)20-27)28-17-25-11-9-21-7-4-8-22-10-12-26(18-28)34(25)33(21)22/h1-20H. The lowest BCUT2D eigenvalue weighted by atomic mass is 9.91. The zero-order valence-electron chi connectivity index (χ0n) is 21.3. The molecule has 186 valence electrons. The second-order valence-electron chi connectivity index (χ2n) is 10.3. The first-order chi connectivity index (χ1) is 19.8. The van der Waals surface area contributed by atoms with Crippen molar-refractivity contribution < 1.29 is 4.42 Å². The van der Waals surface area contributed by atoms with Crippen molar-refractivity contribution in [2.75, 3.05) is 0 Å². The van der Waals surface area contributed by atoms with Gasteiger partial charge in [0, 0.05) is 21.9 Å². The lowest BCUT2D eigenvalue weighted by Crippen LogP contribution is -1.85. The molecule has 2 heterocycles. The number of nitrogens with zero attached hydrogens (tertiary/aromatic N) is 2. The first-order valence-corrected chi connectivity index (χ1v) is 14.1. The van der Waals surface area contributed by atoms with E-state index in [1.165, 1.54) is 37.9 Å². The van der Waals surface area contributed by atoms with Crippen LogP contribution < -0.4 is 0 Å². The first kappa shape index (κ1) is 21.8. The van der Waals surface area contributed by atoms with Gasteiger partial charge in [-0.05, 0) is 79.8 Å². The van der Waals surface area contributed by atoms with Crippen LogP contribution in [-0.2, 0) is 0 Å². The summed E-state index contributed by atoms with van der Waals surface area (Å²) in [6.07, 6.45) is 0. The van der Waals surface area contributed by atoms with Gasteiger partial charge in [-0.1, -0.05) is 96.3 Å². The molecule has 0 radical (unpaired) electrons. The fraction of sp³-hybridized carbons (Fsp3) is 0. The number of fused-ring (bicyclic) bond motifs is 3. The summed E-state index contributed by atoms with van der Waals surface area (Å²) in [5, 5.41) is 20.7. The molecule has 0 saturated carbocycles. The van der Waals surface area contributed by atoms with Crippen molar-refractivity contribution in [2.45, 2.75) is 0 Å². The van der Waals surface area contributed by atoms with Crippen molar-refractivity contribution >= 4 is 65.6 Å². The smallest absolute Gasteiger partial charge is 0.148 e. The number of hydrogen-bond acceptors (Lipinski definition) is 4. The van der Waals surface area contributed by atoms with Crippen molar-refractivity contribution in [3.05, 3.63) is 121 Å². The molecule has 40 heavy (non-hydrogen) atoms. The maximum Gasteiger partial charge on any atom is 0.148 e. The average molecular weight is 529 g/mol. The Bertz CT molecular complexity index is 2320. The fourth-order valence-corrected chi connectivity index (χ4v) is 6.89.